The third kappa shape index (κ3) is 42.2. The maximum absolute atomic E-state index is 12.6. The molecule has 60 heavy (non-hydrogen) atoms. The summed E-state index contributed by atoms with van der Waals surface area (Å²) in [6.45, 7) is 1.36. The van der Waals surface area contributed by atoms with Crippen molar-refractivity contribution in [2.75, 3.05) is 26.4 Å². The number of hydrogen-bond acceptors (Lipinski definition) is 11. The summed E-state index contributed by atoms with van der Waals surface area (Å²) in [5.41, 5.74) is 0. The van der Waals surface area contributed by atoms with Gasteiger partial charge in [0.15, 0.2) is 6.10 Å². The smallest absolute Gasteiger partial charge is 0.462 e. The number of aliphatic hydroxyl groups is 2. The van der Waals surface area contributed by atoms with Gasteiger partial charge in [-0.2, -0.15) is 0 Å². The topological polar surface area (TPSA) is 216 Å². The van der Waals surface area contributed by atoms with Crippen molar-refractivity contribution in [1.29, 1.82) is 0 Å². The van der Waals surface area contributed by atoms with Crippen molar-refractivity contribution in [3.63, 3.8) is 0 Å². The number of carbonyl (C=O) groups is 2. The Hall–Kier alpha value is -2.48. The van der Waals surface area contributed by atoms with Gasteiger partial charge in [0.2, 0.25) is 0 Å². The molecule has 0 saturated heterocycles. The molecular formula is C44H76O14P2. The maximum Gasteiger partial charge on any atom is 0.472 e. The molecule has 0 bridgehead atoms. The van der Waals surface area contributed by atoms with E-state index in [9.17, 15) is 33.8 Å². The number of hydrogen-bond donors (Lipinski definition) is 5. The fraction of sp³-hybridized carbons (Fsp3) is 0.682. The highest BCUT2D eigenvalue weighted by Gasteiger charge is 2.28. The van der Waals surface area contributed by atoms with Crippen LogP contribution in [0.15, 0.2) is 72.9 Å². The molecule has 0 fully saturated rings. The van der Waals surface area contributed by atoms with Crippen molar-refractivity contribution in [2.24, 2.45) is 0 Å². The van der Waals surface area contributed by atoms with Crippen LogP contribution in [-0.2, 0) is 41.8 Å². The fourth-order valence-electron chi connectivity index (χ4n) is 5.25. The Morgan fingerprint density at radius 1 is 0.533 bits per heavy atom. The summed E-state index contributed by atoms with van der Waals surface area (Å²) in [5, 5.41) is 19.3. The Morgan fingerprint density at radius 3 is 1.63 bits per heavy atom. The summed E-state index contributed by atoms with van der Waals surface area (Å²) in [6.07, 6.45) is 39.8. The zero-order chi connectivity index (χ0) is 44.6. The molecule has 0 rings (SSSR count). The van der Waals surface area contributed by atoms with Gasteiger partial charge in [-0.1, -0.05) is 125 Å². The second-order valence-corrected chi connectivity index (χ2v) is 17.1. The zero-order valence-electron chi connectivity index (χ0n) is 36.1. The molecule has 0 aliphatic rings. The molecule has 0 heterocycles. The van der Waals surface area contributed by atoms with Crippen LogP contribution < -0.4 is 0 Å². The van der Waals surface area contributed by atoms with Crippen LogP contribution in [0.1, 0.15) is 149 Å². The highest BCUT2D eigenvalue weighted by atomic mass is 31.2. The van der Waals surface area contributed by atoms with Crippen LogP contribution in [-0.4, -0.2) is 81.6 Å². The summed E-state index contributed by atoms with van der Waals surface area (Å²) in [7, 11) is -9.71. The first kappa shape index (κ1) is 57.5. The number of phosphoric ester groups is 2. The number of carbonyl (C=O) groups excluding carboxylic acids is 2. The van der Waals surface area contributed by atoms with Crippen LogP contribution >= 0.6 is 15.6 Å². The van der Waals surface area contributed by atoms with Gasteiger partial charge in [-0.3, -0.25) is 23.2 Å². The van der Waals surface area contributed by atoms with E-state index in [-0.39, 0.29) is 18.9 Å². The first-order chi connectivity index (χ1) is 28.8. The number of allylic oxidation sites excluding steroid dienone is 12. The molecule has 0 radical (unpaired) electrons. The van der Waals surface area contributed by atoms with E-state index in [1.54, 1.807) is 0 Å². The molecule has 16 heteroatoms. The SMILES string of the molecule is CCCCCC/C=C\C=C/CCCCCCCC(=O)OC[C@H](COP(=O)(O)OC[C@@H](O)COP(=O)(O)O)OC(=O)CCC/C=C\C/C=C\C/C=C\C/C=C\CC[C@H](O)CC. The standard InChI is InChI=1S/C44H76O14P2/c1-3-5-6-7-8-9-10-11-12-16-19-22-25-28-31-34-43(47)54-38-42(39-57-60(52,53)56-37-41(46)36-55-59(49,50)51)58-44(48)35-32-29-26-23-20-17-14-13-15-18-21-24-27-30-33-40(45)4-2/h9-12,14-15,17-18,23-24,26-27,40-42,45-46H,3-8,13,16,19-22,25,28-39H2,1-2H3,(H,52,53)(H2,49,50,51)/b10-9-,12-11-,17-14-,18-15-,26-23-,27-24-/t40-,41+,42-/m1/s1. The Labute approximate surface area is 359 Å². The highest BCUT2D eigenvalue weighted by Crippen LogP contribution is 2.43. The molecule has 1 unspecified atom stereocenters. The number of ether oxygens (including phenoxy) is 2. The molecule has 4 atom stereocenters. The van der Waals surface area contributed by atoms with Crippen molar-refractivity contribution in [2.45, 2.75) is 167 Å². The van der Waals surface area contributed by atoms with Gasteiger partial charge < -0.3 is 34.4 Å². The molecule has 5 N–H and O–H groups in total. The minimum absolute atomic E-state index is 0.0354. The number of esters is 2. The number of aliphatic hydroxyl groups excluding tert-OH is 2. The van der Waals surface area contributed by atoms with Gasteiger partial charge >= 0.3 is 27.6 Å². The normalized spacial score (nSPS) is 15.2. The van der Waals surface area contributed by atoms with E-state index in [2.05, 4.69) is 76.7 Å². The van der Waals surface area contributed by atoms with Crippen molar-refractivity contribution in [3.8, 4) is 0 Å². The number of unbranched alkanes of at least 4 members (excludes halogenated alkanes) is 10. The average Bonchev–Trinajstić information content (AvgIpc) is 3.21. The van der Waals surface area contributed by atoms with Gasteiger partial charge in [-0.25, -0.2) is 9.13 Å². The van der Waals surface area contributed by atoms with Crippen LogP contribution in [0.4, 0.5) is 0 Å². The van der Waals surface area contributed by atoms with Gasteiger partial charge in [0.25, 0.3) is 0 Å². The van der Waals surface area contributed by atoms with E-state index in [1.165, 1.54) is 25.7 Å². The van der Waals surface area contributed by atoms with Gasteiger partial charge in [0.1, 0.15) is 12.7 Å². The summed E-state index contributed by atoms with van der Waals surface area (Å²) in [5.74, 6) is -1.14. The van der Waals surface area contributed by atoms with Crippen LogP contribution in [0.25, 0.3) is 0 Å². The summed E-state index contributed by atoms with van der Waals surface area (Å²) in [6, 6.07) is 0. The third-order valence-corrected chi connectivity index (χ3v) is 10.2. The summed E-state index contributed by atoms with van der Waals surface area (Å²) >= 11 is 0. The summed E-state index contributed by atoms with van der Waals surface area (Å²) in [4.78, 5) is 52.6. The predicted octanol–water partition coefficient (Wildman–Crippen LogP) is 9.98. The molecule has 346 valence electrons. The van der Waals surface area contributed by atoms with Gasteiger partial charge in [-0.15, -0.1) is 0 Å². The number of phosphoric acid groups is 2. The van der Waals surface area contributed by atoms with E-state index in [0.717, 1.165) is 77.0 Å². The van der Waals surface area contributed by atoms with E-state index >= 15 is 0 Å². The highest BCUT2D eigenvalue weighted by molar-refractivity contribution is 7.47. The van der Waals surface area contributed by atoms with E-state index in [4.69, 9.17) is 23.8 Å². The molecule has 0 aromatic rings. The lowest BCUT2D eigenvalue weighted by molar-refractivity contribution is -0.161. The van der Waals surface area contributed by atoms with Crippen molar-refractivity contribution in [1.82, 2.24) is 0 Å². The lowest BCUT2D eigenvalue weighted by Gasteiger charge is -2.20. The number of rotatable bonds is 40. The van der Waals surface area contributed by atoms with Crippen LogP contribution in [0.3, 0.4) is 0 Å². The van der Waals surface area contributed by atoms with Crippen molar-refractivity contribution < 1.29 is 66.7 Å². The van der Waals surface area contributed by atoms with Crippen molar-refractivity contribution >= 4 is 27.6 Å². The molecular weight excluding hydrogens is 814 g/mol. The van der Waals surface area contributed by atoms with E-state index in [0.29, 0.717) is 19.3 Å². The Morgan fingerprint density at radius 2 is 1.03 bits per heavy atom. The third-order valence-electron chi connectivity index (χ3n) is 8.75. The molecule has 0 aromatic heterocycles. The second-order valence-electron chi connectivity index (χ2n) is 14.4. The minimum Gasteiger partial charge on any atom is -0.462 e. The molecule has 0 aliphatic heterocycles. The monoisotopic (exact) mass is 890 g/mol. The lowest BCUT2D eigenvalue weighted by Crippen LogP contribution is -2.29. The van der Waals surface area contributed by atoms with Crippen LogP contribution in [0.2, 0.25) is 0 Å². The quantitative estimate of drug-likeness (QED) is 0.0127. The van der Waals surface area contributed by atoms with Gasteiger partial charge in [-0.05, 0) is 83.5 Å². The minimum atomic E-state index is -4.88. The molecule has 0 aliphatic carbocycles. The molecule has 0 aromatic carbocycles. The van der Waals surface area contributed by atoms with Crippen LogP contribution in [0, 0.1) is 0 Å². The Bertz CT molecular complexity index is 1350. The van der Waals surface area contributed by atoms with Crippen molar-refractivity contribution in [3.05, 3.63) is 72.9 Å². The van der Waals surface area contributed by atoms with E-state index in [1.807, 2.05) is 19.1 Å². The maximum atomic E-state index is 12.6. The second kappa shape index (κ2) is 39.4. The molecule has 14 nitrogen and oxygen atoms in total. The van der Waals surface area contributed by atoms with E-state index < -0.39 is 66.2 Å². The lowest BCUT2D eigenvalue weighted by atomic mass is 10.1. The Kier molecular flexibility index (Phi) is 37.7. The fourth-order valence-corrected chi connectivity index (χ4v) is 6.41. The summed E-state index contributed by atoms with van der Waals surface area (Å²) < 4.78 is 47.7. The van der Waals surface area contributed by atoms with Gasteiger partial charge in [0, 0.05) is 12.8 Å². The van der Waals surface area contributed by atoms with Crippen LogP contribution in [0.5, 0.6) is 0 Å². The first-order valence-corrected chi connectivity index (χ1v) is 24.7. The molecule has 0 saturated carbocycles. The largest absolute Gasteiger partial charge is 0.472 e. The average molecular weight is 891 g/mol. The first-order valence-electron chi connectivity index (χ1n) is 21.7. The molecule has 0 amide bonds. The molecule has 0 spiro atoms. The van der Waals surface area contributed by atoms with Gasteiger partial charge in [0.05, 0.1) is 25.9 Å². The predicted molar refractivity (Wildman–Crippen MR) is 236 cm³/mol. The Balaban J connectivity index is 4.67. The zero-order valence-corrected chi connectivity index (χ0v) is 37.9.